The zero-order chi connectivity index (χ0) is 17.0. The van der Waals surface area contributed by atoms with Gasteiger partial charge in [-0.25, -0.2) is 4.79 Å². The molecule has 3 N–H and O–H groups in total. The molecule has 0 aromatic carbocycles. The summed E-state index contributed by atoms with van der Waals surface area (Å²) in [5.41, 5.74) is 4.91. The Bertz CT molecular complexity index is 640. The van der Waals surface area contributed by atoms with Crippen molar-refractivity contribution in [3.05, 3.63) is 34.4 Å². The smallest absolute Gasteiger partial charge is 0.317 e. The van der Waals surface area contributed by atoms with Gasteiger partial charge in [-0.15, -0.1) is 0 Å². The van der Waals surface area contributed by atoms with Crippen molar-refractivity contribution in [1.29, 1.82) is 0 Å². The number of hydrogen-bond donors (Lipinski definition) is 3. The normalized spacial score (nSPS) is 12.2. The minimum Gasteiger partial charge on any atom is -0.331 e. The Hall–Kier alpha value is -2.31. The van der Waals surface area contributed by atoms with Crippen molar-refractivity contribution in [2.45, 2.75) is 53.1 Å². The lowest BCUT2D eigenvalue weighted by molar-refractivity contribution is 0.203. The quantitative estimate of drug-likeness (QED) is 0.764. The number of aromatic amines is 2. The summed E-state index contributed by atoms with van der Waals surface area (Å²) in [6.45, 7) is 8.48. The monoisotopic (exact) mass is 318 g/mol. The fourth-order valence-electron chi connectivity index (χ4n) is 2.77. The summed E-state index contributed by atoms with van der Waals surface area (Å²) < 4.78 is 0. The van der Waals surface area contributed by atoms with Crippen molar-refractivity contribution < 1.29 is 4.79 Å². The van der Waals surface area contributed by atoms with Gasteiger partial charge in [-0.1, -0.05) is 13.3 Å². The molecular formula is C16H26N6O. The number of rotatable bonds is 6. The highest BCUT2D eigenvalue weighted by Crippen LogP contribution is 2.19. The van der Waals surface area contributed by atoms with E-state index in [1.807, 2.05) is 26.8 Å². The Morgan fingerprint density at radius 2 is 2.09 bits per heavy atom. The first kappa shape index (κ1) is 17.1. The SMILES string of the molecule is CCCc1cc(CN(C)C(=O)N[C@@H](C)c2c(C)n[nH]c2C)[nH]n1. The summed E-state index contributed by atoms with van der Waals surface area (Å²) >= 11 is 0. The third-order valence-electron chi connectivity index (χ3n) is 3.90. The van der Waals surface area contributed by atoms with Gasteiger partial charge in [0.2, 0.25) is 0 Å². The molecule has 0 bridgehead atoms. The Labute approximate surface area is 136 Å². The highest BCUT2D eigenvalue weighted by Gasteiger charge is 2.18. The molecule has 0 aliphatic carbocycles. The molecule has 2 rings (SSSR count). The second-order valence-corrected chi connectivity index (χ2v) is 6.01. The van der Waals surface area contributed by atoms with E-state index < -0.39 is 0 Å². The third kappa shape index (κ3) is 4.12. The lowest BCUT2D eigenvalue weighted by Crippen LogP contribution is -2.38. The molecule has 7 heteroatoms. The minimum absolute atomic E-state index is 0.0962. The van der Waals surface area contributed by atoms with Crippen LogP contribution in [0.15, 0.2) is 6.07 Å². The largest absolute Gasteiger partial charge is 0.331 e. The predicted molar refractivity (Wildman–Crippen MR) is 89.1 cm³/mol. The number of carbonyl (C=O) groups is 1. The van der Waals surface area contributed by atoms with E-state index in [-0.39, 0.29) is 12.1 Å². The molecule has 0 saturated heterocycles. The van der Waals surface area contributed by atoms with E-state index in [0.717, 1.165) is 41.2 Å². The number of aromatic nitrogens is 4. The van der Waals surface area contributed by atoms with E-state index in [1.54, 1.807) is 11.9 Å². The van der Waals surface area contributed by atoms with Gasteiger partial charge in [-0.2, -0.15) is 10.2 Å². The summed E-state index contributed by atoms with van der Waals surface area (Å²) in [6, 6.07) is 1.80. The number of nitrogens with one attached hydrogen (secondary N) is 3. The molecule has 2 aromatic rings. The summed E-state index contributed by atoms with van der Waals surface area (Å²) in [4.78, 5) is 14.0. The van der Waals surface area contributed by atoms with Crippen molar-refractivity contribution in [1.82, 2.24) is 30.6 Å². The number of aryl methyl sites for hydroxylation is 3. The summed E-state index contributed by atoms with van der Waals surface area (Å²) in [5, 5.41) is 17.4. The fraction of sp³-hybridized carbons (Fsp3) is 0.562. The molecule has 2 heterocycles. The van der Waals surface area contributed by atoms with Gasteiger partial charge in [-0.3, -0.25) is 10.2 Å². The maximum Gasteiger partial charge on any atom is 0.317 e. The van der Waals surface area contributed by atoms with Crippen LogP contribution in [-0.4, -0.2) is 38.4 Å². The van der Waals surface area contributed by atoms with E-state index in [9.17, 15) is 4.79 Å². The molecule has 0 spiro atoms. The highest BCUT2D eigenvalue weighted by atomic mass is 16.2. The zero-order valence-electron chi connectivity index (χ0n) is 14.5. The average molecular weight is 318 g/mol. The van der Waals surface area contributed by atoms with Crippen molar-refractivity contribution in [2.75, 3.05) is 7.05 Å². The van der Waals surface area contributed by atoms with Crippen molar-refractivity contribution in [3.63, 3.8) is 0 Å². The molecule has 7 nitrogen and oxygen atoms in total. The molecule has 0 aliphatic heterocycles. The molecule has 2 amide bonds. The van der Waals surface area contributed by atoms with E-state index in [0.29, 0.717) is 6.54 Å². The van der Waals surface area contributed by atoms with Gasteiger partial charge in [0.1, 0.15) is 0 Å². The number of H-pyrrole nitrogens is 2. The van der Waals surface area contributed by atoms with Gasteiger partial charge in [0, 0.05) is 18.3 Å². The van der Waals surface area contributed by atoms with Crippen LogP contribution in [0.1, 0.15) is 54.6 Å². The van der Waals surface area contributed by atoms with Gasteiger partial charge < -0.3 is 10.2 Å². The van der Waals surface area contributed by atoms with E-state index in [1.165, 1.54) is 0 Å². The molecule has 126 valence electrons. The Balaban J connectivity index is 1.94. The molecule has 0 unspecified atom stereocenters. The Morgan fingerprint density at radius 3 is 2.70 bits per heavy atom. The van der Waals surface area contributed by atoms with Crippen LogP contribution in [0.2, 0.25) is 0 Å². The van der Waals surface area contributed by atoms with E-state index in [4.69, 9.17) is 0 Å². The van der Waals surface area contributed by atoms with Crippen LogP contribution in [0, 0.1) is 13.8 Å². The molecule has 1 atom stereocenters. The fourth-order valence-corrected chi connectivity index (χ4v) is 2.77. The summed E-state index contributed by atoms with van der Waals surface area (Å²) in [5.74, 6) is 0. The molecule has 0 fully saturated rings. The van der Waals surface area contributed by atoms with Crippen LogP contribution in [0.25, 0.3) is 0 Å². The number of amides is 2. The topological polar surface area (TPSA) is 89.7 Å². The lowest BCUT2D eigenvalue weighted by atomic mass is 10.1. The minimum atomic E-state index is -0.121. The molecule has 23 heavy (non-hydrogen) atoms. The van der Waals surface area contributed by atoms with Crippen molar-refractivity contribution in [2.24, 2.45) is 0 Å². The van der Waals surface area contributed by atoms with Crippen LogP contribution in [0.4, 0.5) is 4.79 Å². The average Bonchev–Trinajstić information content (AvgIpc) is 3.06. The van der Waals surface area contributed by atoms with Gasteiger partial charge in [0.05, 0.1) is 29.7 Å². The van der Waals surface area contributed by atoms with Gasteiger partial charge in [0.15, 0.2) is 0 Å². The second-order valence-electron chi connectivity index (χ2n) is 6.01. The van der Waals surface area contributed by atoms with E-state index in [2.05, 4.69) is 32.6 Å². The maximum absolute atomic E-state index is 12.4. The lowest BCUT2D eigenvalue weighted by Gasteiger charge is -2.21. The molecule has 2 aromatic heterocycles. The molecule has 0 aliphatic rings. The summed E-state index contributed by atoms with van der Waals surface area (Å²) in [6.07, 6.45) is 2.00. The third-order valence-corrected chi connectivity index (χ3v) is 3.90. The van der Waals surface area contributed by atoms with Crippen LogP contribution in [0.5, 0.6) is 0 Å². The molecular weight excluding hydrogens is 292 g/mol. The number of nitrogens with zero attached hydrogens (tertiary/aromatic N) is 3. The Kier molecular flexibility index (Phi) is 5.41. The van der Waals surface area contributed by atoms with Crippen molar-refractivity contribution in [3.8, 4) is 0 Å². The molecule has 0 saturated carbocycles. The van der Waals surface area contributed by atoms with Crippen LogP contribution in [-0.2, 0) is 13.0 Å². The highest BCUT2D eigenvalue weighted by molar-refractivity contribution is 5.74. The Morgan fingerprint density at radius 1 is 1.35 bits per heavy atom. The zero-order valence-corrected chi connectivity index (χ0v) is 14.5. The van der Waals surface area contributed by atoms with E-state index >= 15 is 0 Å². The number of carbonyl (C=O) groups excluding carboxylic acids is 1. The predicted octanol–water partition coefficient (Wildman–Crippen LogP) is 2.60. The van der Waals surface area contributed by atoms with Gasteiger partial charge in [-0.05, 0) is 33.3 Å². The van der Waals surface area contributed by atoms with Crippen molar-refractivity contribution >= 4 is 6.03 Å². The van der Waals surface area contributed by atoms with Crippen LogP contribution < -0.4 is 5.32 Å². The van der Waals surface area contributed by atoms with Gasteiger partial charge in [0.25, 0.3) is 0 Å². The molecule has 0 radical (unpaired) electrons. The standard InChI is InChI=1S/C16H26N6O/c1-6-7-13-8-14(21-20-13)9-22(5)16(23)17-10(2)15-11(3)18-19-12(15)4/h8,10H,6-7,9H2,1-5H3,(H,17,23)(H,18,19)(H,20,21)/t10-/m0/s1. The first-order valence-corrected chi connectivity index (χ1v) is 7.98. The van der Waals surface area contributed by atoms with Gasteiger partial charge >= 0.3 is 6.03 Å². The van der Waals surface area contributed by atoms with Crippen LogP contribution >= 0.6 is 0 Å². The first-order chi connectivity index (χ1) is 10.9. The number of hydrogen-bond acceptors (Lipinski definition) is 3. The van der Waals surface area contributed by atoms with Crippen LogP contribution in [0.3, 0.4) is 0 Å². The number of urea groups is 1. The summed E-state index contributed by atoms with van der Waals surface area (Å²) in [7, 11) is 1.78. The second kappa shape index (κ2) is 7.30. The first-order valence-electron chi connectivity index (χ1n) is 7.98. The maximum atomic E-state index is 12.4.